The van der Waals surface area contributed by atoms with Gasteiger partial charge in [0.25, 0.3) is 0 Å². The third kappa shape index (κ3) is 4.48. The second-order valence-electron chi connectivity index (χ2n) is 11.9. The minimum Gasteiger partial charge on any atom is -0.216 e. The molecule has 8 aliphatic carbocycles. The molecule has 8 rings (SSSR count). The summed E-state index contributed by atoms with van der Waals surface area (Å²) in [6, 6.07) is 0. The molecule has 8 saturated carbocycles. The molecule has 0 heterocycles. The lowest BCUT2D eigenvalue weighted by Gasteiger charge is -2.51. The molecule has 1 atom stereocenters. The number of allylic oxidation sites excluding steroid dienone is 2. The zero-order chi connectivity index (χ0) is 23.0. The van der Waals surface area contributed by atoms with Gasteiger partial charge in [0.05, 0.1) is 0 Å². The van der Waals surface area contributed by atoms with Gasteiger partial charge in [0.2, 0.25) is 10.2 Å². The van der Waals surface area contributed by atoms with E-state index in [0.29, 0.717) is 23.7 Å². The van der Waals surface area contributed by atoms with E-state index in [9.17, 15) is 12.6 Å². The third-order valence-corrected chi connectivity index (χ3v) is 12.2. The topological polar surface area (TPSA) is 114 Å². The molecule has 0 saturated heterocycles. The maximum atomic E-state index is 13.1. The van der Waals surface area contributed by atoms with E-state index in [2.05, 4.69) is 15.8 Å². The van der Waals surface area contributed by atoms with Gasteiger partial charge in [0.15, 0.2) is 0 Å². The van der Waals surface area contributed by atoms with Crippen LogP contribution in [0.2, 0.25) is 0 Å². The van der Waals surface area contributed by atoms with Crippen molar-refractivity contribution in [2.24, 2.45) is 52.5 Å². The molecule has 7 nitrogen and oxygen atoms in total. The van der Waals surface area contributed by atoms with Gasteiger partial charge in [-0.3, -0.25) is 0 Å². The van der Waals surface area contributed by atoms with Gasteiger partial charge in [0, 0.05) is 13.1 Å². The highest BCUT2D eigenvalue weighted by atomic mass is 32.3. The first-order chi connectivity index (χ1) is 15.6. The Morgan fingerprint density at radius 2 is 1.06 bits per heavy atom. The monoisotopic (exact) mass is 495 g/mol. The summed E-state index contributed by atoms with van der Waals surface area (Å²) in [5.74, 6) is 5.83. The second kappa shape index (κ2) is 8.15. The van der Waals surface area contributed by atoms with Crippen LogP contribution in [0, 0.1) is 52.1 Å². The van der Waals surface area contributed by atoms with Crippen molar-refractivity contribution in [2.75, 3.05) is 13.1 Å². The predicted molar refractivity (Wildman–Crippen MR) is 127 cm³/mol. The van der Waals surface area contributed by atoms with Crippen LogP contribution in [0.15, 0.2) is 23.3 Å². The molecule has 8 aliphatic rings. The molecule has 8 fully saturated rings. The van der Waals surface area contributed by atoms with Crippen LogP contribution in [0.1, 0.15) is 64.2 Å². The Hall–Kier alpha value is -0.740. The zero-order valence-electron chi connectivity index (χ0n) is 19.2. The molecule has 8 bridgehead atoms. The third-order valence-electron chi connectivity index (χ3n) is 9.75. The van der Waals surface area contributed by atoms with Gasteiger partial charge < -0.3 is 0 Å². The summed E-state index contributed by atoms with van der Waals surface area (Å²) >= 11 is 0. The van der Waals surface area contributed by atoms with Gasteiger partial charge in [-0.1, -0.05) is 23.3 Å². The fourth-order valence-corrected chi connectivity index (χ4v) is 10.9. The molecule has 0 spiro atoms. The van der Waals surface area contributed by atoms with Crippen LogP contribution < -0.4 is 5.14 Å². The Labute approximate surface area is 198 Å². The summed E-state index contributed by atoms with van der Waals surface area (Å²) < 4.78 is 50.5. The summed E-state index contributed by atoms with van der Waals surface area (Å²) in [6.07, 6.45) is 17.0. The standard InChI is InChI=1S/C24H37N3O4S2/c25-32(28,31-33(26,29)30)27(3-1-23-19-7-15-5-16(9-19)10-20(23)8-15)4-2-24-21-11-17-6-18(13-21)14-22(24)12-17/h1-2,15-22,25H,3-14H2,(H2,26,29,30). The summed E-state index contributed by atoms with van der Waals surface area (Å²) in [6.45, 7) is 0.528. The summed E-state index contributed by atoms with van der Waals surface area (Å²) in [7, 11) is -8.49. The largest absolute Gasteiger partial charge is 0.347 e. The SMILES string of the molecule is N=S(=O)(OS(N)(=O)=O)N(CC=C1C2CC3CC(C2)CC1C3)CC=C1C2CC3CC(C2)CC1C3. The molecule has 0 aromatic heterocycles. The minimum atomic E-state index is -4.49. The highest BCUT2D eigenvalue weighted by Crippen LogP contribution is 2.57. The van der Waals surface area contributed by atoms with Gasteiger partial charge in [-0.05, 0) is 112 Å². The Bertz CT molecular complexity index is 965. The molecule has 0 aromatic carbocycles. The molecule has 3 N–H and O–H groups in total. The number of rotatable bonds is 7. The second-order valence-corrected chi connectivity index (χ2v) is 14.9. The Kier molecular flexibility index (Phi) is 5.61. The zero-order valence-corrected chi connectivity index (χ0v) is 20.9. The first kappa shape index (κ1) is 22.7. The number of hydrogen-bond acceptors (Lipinski definition) is 5. The van der Waals surface area contributed by atoms with Gasteiger partial charge in [-0.25, -0.2) is 14.1 Å². The smallest absolute Gasteiger partial charge is 0.216 e. The highest BCUT2D eigenvalue weighted by molar-refractivity contribution is 7.98. The van der Waals surface area contributed by atoms with Crippen LogP contribution in [0.5, 0.6) is 0 Å². The van der Waals surface area contributed by atoms with Crippen molar-refractivity contribution < 1.29 is 16.3 Å². The molecular formula is C24H37N3O4S2. The summed E-state index contributed by atoms with van der Waals surface area (Å²) in [5, 5.41) is 5.02. The lowest BCUT2D eigenvalue weighted by molar-refractivity contribution is 0.0688. The number of nitrogens with zero attached hydrogens (tertiary/aromatic N) is 1. The van der Waals surface area contributed by atoms with Crippen molar-refractivity contribution in [3.8, 4) is 0 Å². The van der Waals surface area contributed by atoms with E-state index in [1.165, 1.54) is 79.7 Å². The number of nitrogens with one attached hydrogen (secondary N) is 1. The van der Waals surface area contributed by atoms with Crippen molar-refractivity contribution >= 4 is 20.5 Å². The molecule has 0 aliphatic heterocycles. The van der Waals surface area contributed by atoms with Gasteiger partial charge in [0.1, 0.15) is 0 Å². The van der Waals surface area contributed by atoms with Crippen LogP contribution in [0.4, 0.5) is 0 Å². The molecule has 9 heteroatoms. The van der Waals surface area contributed by atoms with Crippen LogP contribution >= 0.6 is 0 Å². The van der Waals surface area contributed by atoms with E-state index < -0.39 is 20.5 Å². The molecule has 0 aromatic rings. The minimum absolute atomic E-state index is 0.264. The molecule has 1 unspecified atom stereocenters. The maximum Gasteiger partial charge on any atom is 0.347 e. The summed E-state index contributed by atoms with van der Waals surface area (Å²) in [4.78, 5) is 0. The van der Waals surface area contributed by atoms with Gasteiger partial charge in [-0.2, -0.15) is 12.7 Å². The van der Waals surface area contributed by atoms with E-state index in [1.807, 2.05) is 0 Å². The van der Waals surface area contributed by atoms with E-state index >= 15 is 0 Å². The van der Waals surface area contributed by atoms with Crippen molar-refractivity contribution in [1.29, 1.82) is 4.78 Å². The quantitative estimate of drug-likeness (QED) is 0.516. The van der Waals surface area contributed by atoms with Crippen LogP contribution in [0.25, 0.3) is 0 Å². The molecule has 0 amide bonds. The van der Waals surface area contributed by atoms with E-state index in [-0.39, 0.29) is 13.1 Å². The average Bonchev–Trinajstić information content (AvgIpc) is 2.68. The predicted octanol–water partition coefficient (Wildman–Crippen LogP) is 4.15. The van der Waals surface area contributed by atoms with Crippen molar-refractivity contribution in [1.82, 2.24) is 4.31 Å². The first-order valence-electron chi connectivity index (χ1n) is 12.8. The van der Waals surface area contributed by atoms with Crippen molar-refractivity contribution in [3.63, 3.8) is 0 Å². The lowest BCUT2D eigenvalue weighted by Crippen LogP contribution is -2.42. The average molecular weight is 496 g/mol. The van der Waals surface area contributed by atoms with Gasteiger partial charge in [-0.15, -0.1) is 3.63 Å². The number of hydrogen-bond donors (Lipinski definition) is 2. The summed E-state index contributed by atoms with van der Waals surface area (Å²) in [5.41, 5.74) is 2.89. The fourth-order valence-electron chi connectivity index (χ4n) is 8.98. The van der Waals surface area contributed by atoms with Crippen LogP contribution in [0.3, 0.4) is 0 Å². The van der Waals surface area contributed by atoms with Crippen LogP contribution in [-0.4, -0.2) is 30.0 Å². The van der Waals surface area contributed by atoms with Gasteiger partial charge >= 0.3 is 10.3 Å². The van der Waals surface area contributed by atoms with E-state index in [4.69, 9.17) is 9.92 Å². The Morgan fingerprint density at radius 1 is 0.727 bits per heavy atom. The molecule has 184 valence electrons. The molecular weight excluding hydrogens is 458 g/mol. The first-order valence-corrected chi connectivity index (χ1v) is 15.7. The maximum absolute atomic E-state index is 13.1. The Morgan fingerprint density at radius 3 is 1.36 bits per heavy atom. The molecule has 33 heavy (non-hydrogen) atoms. The van der Waals surface area contributed by atoms with Crippen LogP contribution in [-0.2, 0) is 24.1 Å². The van der Waals surface area contributed by atoms with E-state index in [1.54, 1.807) is 0 Å². The highest BCUT2D eigenvalue weighted by Gasteiger charge is 2.46. The number of nitrogens with two attached hydrogens (primary N) is 1. The van der Waals surface area contributed by atoms with Crippen molar-refractivity contribution in [3.05, 3.63) is 23.3 Å². The fraction of sp³-hybridized carbons (Fsp3) is 0.833. The van der Waals surface area contributed by atoms with E-state index in [0.717, 1.165) is 23.7 Å². The van der Waals surface area contributed by atoms with Crippen molar-refractivity contribution in [2.45, 2.75) is 64.2 Å². The molecule has 0 radical (unpaired) electrons. The Balaban J connectivity index is 1.23. The normalized spacial score (nSPS) is 42.7. The lowest BCUT2D eigenvalue weighted by atomic mass is 9.54.